The number of halogens is 1. The molecule has 2 aliphatic rings. The number of nitrogens with one attached hydrogen (secondary N) is 1. The molecule has 200 valence electrons. The number of carbonyl (C=O) groups is 1. The first-order valence-corrected chi connectivity index (χ1v) is 14.7. The number of rotatable bonds is 6. The minimum atomic E-state index is -0.231. The molecule has 6 rings (SSSR count). The van der Waals surface area contributed by atoms with Crippen LogP contribution in [0.1, 0.15) is 49.4 Å². The number of fused-ring (bicyclic) bond motifs is 1. The minimum absolute atomic E-state index is 0.113. The predicted molar refractivity (Wildman–Crippen MR) is 160 cm³/mol. The van der Waals surface area contributed by atoms with E-state index in [1.807, 2.05) is 42.5 Å². The Hall–Kier alpha value is -3.51. The Balaban J connectivity index is 1.39. The third kappa shape index (κ3) is 5.10. The maximum atomic E-state index is 14.1. The second-order valence-corrected chi connectivity index (χ2v) is 11.9. The summed E-state index contributed by atoms with van der Waals surface area (Å²) in [4.78, 5) is 17.0. The van der Waals surface area contributed by atoms with E-state index in [-0.39, 0.29) is 23.3 Å². The quantitative estimate of drug-likeness (QED) is 0.252. The summed E-state index contributed by atoms with van der Waals surface area (Å²) in [5, 5.41) is 4.76. The van der Waals surface area contributed by atoms with Crippen LogP contribution in [0.25, 0.3) is 17.0 Å². The lowest BCUT2D eigenvalue weighted by atomic mass is 9.85. The zero-order valence-corrected chi connectivity index (χ0v) is 23.3. The fourth-order valence-electron chi connectivity index (χ4n) is 6.11. The van der Waals surface area contributed by atoms with Gasteiger partial charge >= 0.3 is 0 Å². The zero-order valence-electron chi connectivity index (χ0n) is 22.4. The molecule has 1 N–H and O–H groups in total. The van der Waals surface area contributed by atoms with Gasteiger partial charge in [0.05, 0.1) is 4.91 Å². The van der Waals surface area contributed by atoms with Crippen LogP contribution in [0.15, 0.2) is 83.8 Å². The fraction of sp³-hybridized carbons (Fsp3) is 0.303. The van der Waals surface area contributed by atoms with Gasteiger partial charge in [-0.2, -0.15) is 0 Å². The molecule has 1 aromatic heterocycles. The average Bonchev–Trinajstić information content (AvgIpc) is 3.39. The van der Waals surface area contributed by atoms with Crippen molar-refractivity contribution in [3.63, 3.8) is 0 Å². The summed E-state index contributed by atoms with van der Waals surface area (Å²) in [7, 11) is 0. The molecule has 3 atom stereocenters. The maximum absolute atomic E-state index is 14.1. The van der Waals surface area contributed by atoms with Crippen LogP contribution >= 0.6 is 11.8 Å². The van der Waals surface area contributed by atoms with Crippen LogP contribution in [0.5, 0.6) is 0 Å². The molecule has 0 radical (unpaired) electrons. The minimum Gasteiger partial charge on any atom is -0.356 e. The summed E-state index contributed by atoms with van der Waals surface area (Å²) in [5.74, 6) is 0.356. The molecule has 3 aromatic carbocycles. The lowest BCUT2D eigenvalue weighted by molar-refractivity contribution is -0.129. The van der Waals surface area contributed by atoms with Gasteiger partial charge in [-0.1, -0.05) is 80.1 Å². The van der Waals surface area contributed by atoms with Crippen LogP contribution in [0.2, 0.25) is 0 Å². The Labute approximate surface area is 233 Å². The molecule has 0 spiro atoms. The molecular weight excluding hydrogens is 505 g/mol. The molecule has 1 saturated carbocycles. The van der Waals surface area contributed by atoms with Gasteiger partial charge in [0.15, 0.2) is 5.50 Å². The topological polar surface area (TPSA) is 37.3 Å². The van der Waals surface area contributed by atoms with E-state index in [2.05, 4.69) is 59.0 Å². The molecule has 0 bridgehead atoms. The number of nitrogens with zero attached hydrogens (tertiary/aromatic N) is 2. The molecule has 2 fully saturated rings. The van der Waals surface area contributed by atoms with Crippen LogP contribution < -0.4 is 5.32 Å². The molecule has 4 aromatic rings. The normalized spacial score (nSPS) is 22.6. The second-order valence-electron chi connectivity index (χ2n) is 10.8. The summed E-state index contributed by atoms with van der Waals surface area (Å²) in [6.45, 7) is 5.04. The number of carbonyl (C=O) groups excluding carboxylic acids is 1. The SMILES string of the molecule is Cc1c(/C=C2\SC(Nc3ccccc3)N([C@H]3CCCC[C@@H]3C)C2=O)c2ccccc2n1Cc1ccc(F)cc1. The van der Waals surface area contributed by atoms with Crippen molar-refractivity contribution in [2.45, 2.75) is 57.6 Å². The highest BCUT2D eigenvalue weighted by atomic mass is 32.2. The highest BCUT2D eigenvalue weighted by Crippen LogP contribution is 2.43. The Kier molecular flexibility index (Phi) is 7.22. The highest BCUT2D eigenvalue weighted by Gasteiger charge is 2.43. The third-order valence-electron chi connectivity index (χ3n) is 8.23. The van der Waals surface area contributed by atoms with Crippen LogP contribution in [0, 0.1) is 18.7 Å². The first-order valence-electron chi connectivity index (χ1n) is 13.8. The molecule has 1 saturated heterocycles. The Bertz CT molecular complexity index is 1510. The lowest BCUT2D eigenvalue weighted by Gasteiger charge is -2.39. The molecular formula is C33H34FN3OS. The summed E-state index contributed by atoms with van der Waals surface area (Å²) in [5.41, 5.74) is 5.18. The molecule has 1 unspecified atom stereocenters. The summed E-state index contributed by atoms with van der Waals surface area (Å²) >= 11 is 1.62. The smallest absolute Gasteiger partial charge is 0.262 e. The maximum Gasteiger partial charge on any atom is 0.262 e. The van der Waals surface area contributed by atoms with Gasteiger partial charge in [0, 0.05) is 40.4 Å². The van der Waals surface area contributed by atoms with Gasteiger partial charge in [-0.25, -0.2) is 4.39 Å². The summed E-state index contributed by atoms with van der Waals surface area (Å²) < 4.78 is 15.8. The van der Waals surface area contributed by atoms with Gasteiger partial charge in [-0.15, -0.1) is 0 Å². The van der Waals surface area contributed by atoms with Crippen molar-refractivity contribution in [2.75, 3.05) is 5.32 Å². The van der Waals surface area contributed by atoms with Gasteiger partial charge in [-0.05, 0) is 67.7 Å². The van der Waals surface area contributed by atoms with Crippen molar-refractivity contribution in [2.24, 2.45) is 5.92 Å². The second kappa shape index (κ2) is 10.9. The van der Waals surface area contributed by atoms with Gasteiger partial charge in [0.2, 0.25) is 0 Å². The number of aromatic nitrogens is 1. The van der Waals surface area contributed by atoms with Crippen molar-refractivity contribution >= 4 is 40.3 Å². The number of benzene rings is 3. The van der Waals surface area contributed by atoms with Gasteiger partial charge in [-0.3, -0.25) is 4.79 Å². The monoisotopic (exact) mass is 539 g/mol. The van der Waals surface area contributed by atoms with Crippen molar-refractivity contribution < 1.29 is 9.18 Å². The van der Waals surface area contributed by atoms with Crippen molar-refractivity contribution in [1.82, 2.24) is 9.47 Å². The zero-order chi connectivity index (χ0) is 26.9. The molecule has 4 nitrogen and oxygen atoms in total. The van der Waals surface area contributed by atoms with Crippen molar-refractivity contribution in [3.8, 4) is 0 Å². The van der Waals surface area contributed by atoms with E-state index in [4.69, 9.17) is 0 Å². The van der Waals surface area contributed by atoms with Gasteiger partial charge < -0.3 is 14.8 Å². The first-order chi connectivity index (χ1) is 19.0. The van der Waals surface area contributed by atoms with Crippen molar-refractivity contribution in [3.05, 3.63) is 106 Å². The standard InChI is InChI=1S/C33H34FN3OS/c1-22-10-6-8-14-29(22)37-32(38)31(39-33(37)35-26-11-4-3-5-12-26)20-28-23(2)36(30-15-9-7-13-27(28)30)21-24-16-18-25(34)19-17-24/h3-5,7,9,11-13,15-20,22,29,33,35H,6,8,10,14,21H2,1-2H3/b31-20-/t22-,29-,33?/m0/s1. The average molecular weight is 540 g/mol. The summed E-state index contributed by atoms with van der Waals surface area (Å²) in [6, 6.07) is 25.4. The molecule has 39 heavy (non-hydrogen) atoms. The van der Waals surface area contributed by atoms with Gasteiger partial charge in [0.25, 0.3) is 5.91 Å². The largest absolute Gasteiger partial charge is 0.356 e. The number of hydrogen-bond acceptors (Lipinski definition) is 3. The fourth-order valence-corrected chi connectivity index (χ4v) is 7.31. The number of thioether (sulfide) groups is 1. The third-order valence-corrected chi connectivity index (χ3v) is 9.35. The molecule has 1 aliphatic heterocycles. The van der Waals surface area contributed by atoms with E-state index in [0.717, 1.165) is 57.6 Å². The van der Waals surface area contributed by atoms with Gasteiger partial charge in [0.1, 0.15) is 5.82 Å². The van der Waals surface area contributed by atoms with Crippen molar-refractivity contribution in [1.29, 1.82) is 0 Å². The van der Waals surface area contributed by atoms with E-state index in [9.17, 15) is 9.18 Å². The van der Waals surface area contributed by atoms with Crippen LogP contribution in [-0.2, 0) is 11.3 Å². The predicted octanol–water partition coefficient (Wildman–Crippen LogP) is 8.03. The van der Waals surface area contributed by atoms with Crippen LogP contribution in [-0.4, -0.2) is 26.9 Å². The molecule has 2 heterocycles. The van der Waals surface area contributed by atoms with E-state index < -0.39 is 0 Å². The first kappa shape index (κ1) is 25.8. The van der Waals surface area contributed by atoms with E-state index in [1.54, 1.807) is 11.8 Å². The number of anilines is 1. The number of para-hydroxylation sites is 2. The molecule has 1 aliphatic carbocycles. The van der Waals surface area contributed by atoms with E-state index in [0.29, 0.717) is 12.5 Å². The number of amides is 1. The van der Waals surface area contributed by atoms with E-state index >= 15 is 0 Å². The highest BCUT2D eigenvalue weighted by molar-refractivity contribution is 8.05. The number of hydrogen-bond donors (Lipinski definition) is 1. The molecule has 1 amide bonds. The Morgan fingerprint density at radius 1 is 0.974 bits per heavy atom. The van der Waals surface area contributed by atoms with Crippen LogP contribution in [0.4, 0.5) is 10.1 Å². The Morgan fingerprint density at radius 3 is 2.46 bits per heavy atom. The lowest BCUT2D eigenvalue weighted by Crippen LogP contribution is -2.48. The molecule has 6 heteroatoms. The van der Waals surface area contributed by atoms with Crippen LogP contribution in [0.3, 0.4) is 0 Å². The van der Waals surface area contributed by atoms with E-state index in [1.165, 1.54) is 18.6 Å². The summed E-state index contributed by atoms with van der Waals surface area (Å²) in [6.07, 6.45) is 6.70. The Morgan fingerprint density at radius 2 is 1.69 bits per heavy atom.